The molecule has 26 heavy (non-hydrogen) atoms. The van der Waals surface area contributed by atoms with Crippen LogP contribution >= 0.6 is 0 Å². The van der Waals surface area contributed by atoms with Gasteiger partial charge in [-0.2, -0.15) is 0 Å². The lowest BCUT2D eigenvalue weighted by Gasteiger charge is -2.19. The van der Waals surface area contributed by atoms with Gasteiger partial charge in [0.1, 0.15) is 23.8 Å². The number of phenols is 1. The first-order chi connectivity index (χ1) is 12.2. The maximum atomic E-state index is 13.8. The number of nitrogens with one attached hydrogen (secondary N) is 1. The van der Waals surface area contributed by atoms with E-state index in [0.29, 0.717) is 5.56 Å². The van der Waals surface area contributed by atoms with Gasteiger partial charge in [0.2, 0.25) is 0 Å². The minimum absolute atomic E-state index is 0.108. The van der Waals surface area contributed by atoms with Crippen LogP contribution in [-0.4, -0.2) is 30.0 Å². The molecule has 0 radical (unpaired) electrons. The van der Waals surface area contributed by atoms with Crippen molar-refractivity contribution in [3.8, 4) is 22.6 Å². The summed E-state index contributed by atoms with van der Waals surface area (Å²) < 4.78 is 37.2. The number of rotatable bonds is 5. The molecule has 0 heterocycles. The molecule has 0 fully saturated rings. The van der Waals surface area contributed by atoms with E-state index in [1.54, 1.807) is 26.8 Å². The normalized spacial score (nSPS) is 11.1. The van der Waals surface area contributed by atoms with Crippen LogP contribution < -0.4 is 10.1 Å². The predicted molar refractivity (Wildman–Crippen MR) is 93.2 cm³/mol. The number of halogens is 2. The van der Waals surface area contributed by atoms with Crippen molar-refractivity contribution < 1.29 is 28.2 Å². The summed E-state index contributed by atoms with van der Waals surface area (Å²) in [6.45, 7) is 5.56. The lowest BCUT2D eigenvalue weighted by atomic mass is 10.0. The second-order valence-corrected chi connectivity index (χ2v) is 6.58. The molecule has 0 unspecified atom stereocenters. The molecular weight excluding hydrogens is 344 g/mol. The third-order valence-electron chi connectivity index (χ3n) is 3.23. The fourth-order valence-corrected chi connectivity index (χ4v) is 2.16. The number of alkyl carbamates (subject to hydrolysis) is 1. The SMILES string of the molecule is CC(C)(C)OC(=O)NCCOc1ccc(-c2ccc(F)cc2F)cc1O. The molecule has 0 aliphatic carbocycles. The summed E-state index contributed by atoms with van der Waals surface area (Å²) >= 11 is 0. The highest BCUT2D eigenvalue weighted by Crippen LogP contribution is 2.32. The summed E-state index contributed by atoms with van der Waals surface area (Å²) in [7, 11) is 0. The number of amides is 1. The van der Waals surface area contributed by atoms with Crippen LogP contribution in [0.2, 0.25) is 0 Å². The lowest BCUT2D eigenvalue weighted by molar-refractivity contribution is 0.0520. The number of ether oxygens (including phenoxy) is 2. The van der Waals surface area contributed by atoms with Crippen molar-refractivity contribution in [2.24, 2.45) is 0 Å². The Morgan fingerprint density at radius 2 is 1.88 bits per heavy atom. The molecule has 1 amide bonds. The van der Waals surface area contributed by atoms with Gasteiger partial charge in [-0.15, -0.1) is 0 Å². The number of hydrogen-bond donors (Lipinski definition) is 2. The van der Waals surface area contributed by atoms with Gasteiger partial charge in [-0.05, 0) is 50.6 Å². The molecule has 140 valence electrons. The number of carbonyl (C=O) groups is 1. The largest absolute Gasteiger partial charge is 0.504 e. The molecule has 2 rings (SSSR count). The van der Waals surface area contributed by atoms with Crippen molar-refractivity contribution in [1.29, 1.82) is 0 Å². The molecule has 0 aromatic heterocycles. The third-order valence-corrected chi connectivity index (χ3v) is 3.23. The van der Waals surface area contributed by atoms with Gasteiger partial charge in [0.25, 0.3) is 0 Å². The number of benzene rings is 2. The van der Waals surface area contributed by atoms with Gasteiger partial charge in [-0.1, -0.05) is 6.07 Å². The van der Waals surface area contributed by atoms with E-state index in [-0.39, 0.29) is 30.2 Å². The van der Waals surface area contributed by atoms with E-state index in [1.165, 1.54) is 18.2 Å². The first-order valence-corrected chi connectivity index (χ1v) is 8.04. The first-order valence-electron chi connectivity index (χ1n) is 8.04. The molecular formula is C19H21F2NO4. The molecule has 0 saturated heterocycles. The maximum Gasteiger partial charge on any atom is 0.407 e. The Morgan fingerprint density at radius 1 is 1.15 bits per heavy atom. The lowest BCUT2D eigenvalue weighted by Crippen LogP contribution is -2.34. The first kappa shape index (κ1) is 19.5. The van der Waals surface area contributed by atoms with Gasteiger partial charge in [0.15, 0.2) is 11.5 Å². The van der Waals surface area contributed by atoms with Crippen molar-refractivity contribution in [2.75, 3.05) is 13.2 Å². The van der Waals surface area contributed by atoms with E-state index in [2.05, 4.69) is 5.32 Å². The average Bonchev–Trinajstić information content (AvgIpc) is 2.51. The van der Waals surface area contributed by atoms with Crippen molar-refractivity contribution in [3.63, 3.8) is 0 Å². The van der Waals surface area contributed by atoms with E-state index in [9.17, 15) is 18.7 Å². The van der Waals surface area contributed by atoms with Crippen molar-refractivity contribution in [1.82, 2.24) is 5.32 Å². The van der Waals surface area contributed by atoms with Crippen LogP contribution in [0, 0.1) is 11.6 Å². The van der Waals surface area contributed by atoms with Crippen LogP contribution in [0.15, 0.2) is 36.4 Å². The average molecular weight is 365 g/mol. The quantitative estimate of drug-likeness (QED) is 0.778. The molecule has 0 spiro atoms. The molecule has 5 nitrogen and oxygen atoms in total. The summed E-state index contributed by atoms with van der Waals surface area (Å²) in [6.07, 6.45) is -0.563. The van der Waals surface area contributed by atoms with Gasteiger partial charge >= 0.3 is 6.09 Å². The zero-order chi connectivity index (χ0) is 19.3. The molecule has 2 N–H and O–H groups in total. The van der Waals surface area contributed by atoms with E-state index >= 15 is 0 Å². The molecule has 0 bridgehead atoms. The Balaban J connectivity index is 1.93. The Labute approximate surface area is 150 Å². The zero-order valence-electron chi connectivity index (χ0n) is 14.8. The second-order valence-electron chi connectivity index (χ2n) is 6.58. The summed E-state index contributed by atoms with van der Waals surface area (Å²) in [5, 5.41) is 12.6. The van der Waals surface area contributed by atoms with Crippen molar-refractivity contribution in [2.45, 2.75) is 26.4 Å². The Kier molecular flexibility index (Phi) is 6.02. The number of carbonyl (C=O) groups excluding carboxylic acids is 1. The van der Waals surface area contributed by atoms with E-state index < -0.39 is 23.3 Å². The van der Waals surface area contributed by atoms with Crippen molar-refractivity contribution >= 4 is 6.09 Å². The van der Waals surface area contributed by atoms with Gasteiger partial charge in [0, 0.05) is 11.6 Å². The van der Waals surface area contributed by atoms with E-state index in [4.69, 9.17) is 9.47 Å². The van der Waals surface area contributed by atoms with Crippen LogP contribution in [0.25, 0.3) is 11.1 Å². The van der Waals surface area contributed by atoms with Gasteiger partial charge < -0.3 is 19.9 Å². The van der Waals surface area contributed by atoms with Crippen molar-refractivity contribution in [3.05, 3.63) is 48.0 Å². The second kappa shape index (κ2) is 8.03. The Morgan fingerprint density at radius 3 is 2.50 bits per heavy atom. The van der Waals surface area contributed by atoms with E-state index in [1.807, 2.05) is 0 Å². The third kappa shape index (κ3) is 5.61. The molecule has 0 aliphatic heterocycles. The predicted octanol–water partition coefficient (Wildman–Crippen LogP) is 4.24. The highest BCUT2D eigenvalue weighted by atomic mass is 19.1. The molecule has 7 heteroatoms. The number of hydrogen-bond acceptors (Lipinski definition) is 4. The fourth-order valence-electron chi connectivity index (χ4n) is 2.16. The Hall–Kier alpha value is -2.83. The smallest absolute Gasteiger partial charge is 0.407 e. The molecule has 2 aromatic rings. The van der Waals surface area contributed by atoms with Gasteiger partial charge in [-0.25, -0.2) is 13.6 Å². The zero-order valence-corrected chi connectivity index (χ0v) is 14.8. The molecule has 0 aliphatic rings. The summed E-state index contributed by atoms with van der Waals surface area (Å²) in [5.41, 5.74) is -0.0339. The molecule has 0 saturated carbocycles. The number of aromatic hydroxyl groups is 1. The Bertz CT molecular complexity index is 788. The molecule has 0 atom stereocenters. The van der Waals surface area contributed by atoms with E-state index in [0.717, 1.165) is 12.1 Å². The molecule has 2 aromatic carbocycles. The topological polar surface area (TPSA) is 67.8 Å². The van der Waals surface area contributed by atoms with Crippen LogP contribution in [0.1, 0.15) is 20.8 Å². The maximum absolute atomic E-state index is 13.8. The number of phenolic OH excluding ortho intramolecular Hbond substituents is 1. The standard InChI is InChI=1S/C19H21F2NO4/c1-19(2,3)26-18(24)22-8-9-25-17-7-4-12(10-16(17)23)14-6-5-13(20)11-15(14)21/h4-7,10-11,23H,8-9H2,1-3H3,(H,22,24). The fraction of sp³-hybridized carbons (Fsp3) is 0.316. The van der Waals surface area contributed by atoms with Crippen LogP contribution in [0.4, 0.5) is 13.6 Å². The van der Waals surface area contributed by atoms with Crippen LogP contribution in [0.3, 0.4) is 0 Å². The van der Waals surface area contributed by atoms with Gasteiger partial charge in [-0.3, -0.25) is 0 Å². The van der Waals surface area contributed by atoms with Crippen LogP contribution in [-0.2, 0) is 4.74 Å². The summed E-state index contributed by atoms with van der Waals surface area (Å²) in [5.74, 6) is -1.40. The minimum atomic E-state index is -0.723. The summed E-state index contributed by atoms with van der Waals surface area (Å²) in [6, 6.07) is 7.56. The highest BCUT2D eigenvalue weighted by molar-refractivity contribution is 5.68. The van der Waals surface area contributed by atoms with Crippen LogP contribution in [0.5, 0.6) is 11.5 Å². The summed E-state index contributed by atoms with van der Waals surface area (Å²) in [4.78, 5) is 11.5. The highest BCUT2D eigenvalue weighted by Gasteiger charge is 2.15. The minimum Gasteiger partial charge on any atom is -0.504 e. The monoisotopic (exact) mass is 365 g/mol. The van der Waals surface area contributed by atoms with Gasteiger partial charge in [0.05, 0.1) is 6.54 Å².